The van der Waals surface area contributed by atoms with Crippen molar-refractivity contribution in [3.8, 4) is 5.69 Å². The van der Waals surface area contributed by atoms with Crippen molar-refractivity contribution in [3.63, 3.8) is 0 Å². The van der Waals surface area contributed by atoms with Crippen molar-refractivity contribution < 1.29 is 4.79 Å². The van der Waals surface area contributed by atoms with E-state index in [0.717, 1.165) is 5.69 Å². The second-order valence-electron chi connectivity index (χ2n) is 4.65. The fourth-order valence-electron chi connectivity index (χ4n) is 1.88. The first kappa shape index (κ1) is 14.1. The van der Waals surface area contributed by atoms with Crippen LogP contribution in [-0.2, 0) is 4.79 Å². The molecule has 6 heteroatoms. The number of benzene rings is 1. The van der Waals surface area contributed by atoms with Crippen LogP contribution in [0.4, 0.5) is 5.69 Å². The average Bonchev–Trinajstić information content (AvgIpc) is 2.86. The molecule has 20 heavy (non-hydrogen) atoms. The molecule has 1 aromatic carbocycles. The molecular formula is C14H18N4O2. The van der Waals surface area contributed by atoms with E-state index in [1.54, 1.807) is 36.7 Å². The number of H-pyrrole nitrogens is 1. The molecule has 0 bridgehead atoms. The molecule has 4 N–H and O–H groups in total. The van der Waals surface area contributed by atoms with Gasteiger partial charge in [-0.1, -0.05) is 6.92 Å². The van der Waals surface area contributed by atoms with Gasteiger partial charge in [0.2, 0.25) is 5.91 Å². The molecule has 6 nitrogen and oxygen atoms in total. The van der Waals surface area contributed by atoms with Gasteiger partial charge in [0, 0.05) is 24.0 Å². The summed E-state index contributed by atoms with van der Waals surface area (Å²) in [5.41, 5.74) is 6.68. The first-order valence-corrected chi connectivity index (χ1v) is 6.49. The monoisotopic (exact) mass is 274 g/mol. The Kier molecular flexibility index (Phi) is 4.37. The summed E-state index contributed by atoms with van der Waals surface area (Å²) in [6.07, 6.45) is 3.88. The minimum absolute atomic E-state index is 0.0537. The normalized spacial score (nSPS) is 12.1. The SMILES string of the molecule is CC(CCN)C(=O)Nc1ccc(-n2cc[nH]c2=O)cc1. The number of hydrogen-bond acceptors (Lipinski definition) is 3. The van der Waals surface area contributed by atoms with Gasteiger partial charge in [-0.25, -0.2) is 4.79 Å². The number of hydrogen-bond donors (Lipinski definition) is 3. The van der Waals surface area contributed by atoms with Gasteiger partial charge in [0.1, 0.15) is 0 Å². The number of rotatable bonds is 5. The van der Waals surface area contributed by atoms with Crippen LogP contribution in [0.3, 0.4) is 0 Å². The van der Waals surface area contributed by atoms with E-state index in [0.29, 0.717) is 18.7 Å². The standard InChI is InChI=1S/C14H18N4O2/c1-10(6-7-15)13(19)17-11-2-4-12(5-3-11)18-9-8-16-14(18)20/h2-5,8-10H,6-7,15H2,1H3,(H,16,20)(H,17,19). The van der Waals surface area contributed by atoms with E-state index < -0.39 is 0 Å². The lowest BCUT2D eigenvalue weighted by Crippen LogP contribution is -2.22. The van der Waals surface area contributed by atoms with Crippen molar-refractivity contribution in [3.05, 3.63) is 47.1 Å². The zero-order valence-corrected chi connectivity index (χ0v) is 11.3. The van der Waals surface area contributed by atoms with Gasteiger partial charge >= 0.3 is 5.69 Å². The van der Waals surface area contributed by atoms with E-state index in [1.165, 1.54) is 4.57 Å². The summed E-state index contributed by atoms with van der Waals surface area (Å²) >= 11 is 0. The molecule has 0 aliphatic carbocycles. The molecule has 2 aromatic rings. The summed E-state index contributed by atoms with van der Waals surface area (Å²) in [5, 5.41) is 2.82. The molecule has 1 heterocycles. The molecule has 1 amide bonds. The average molecular weight is 274 g/mol. The van der Waals surface area contributed by atoms with Crippen LogP contribution in [0.5, 0.6) is 0 Å². The summed E-state index contributed by atoms with van der Waals surface area (Å²) in [5.74, 6) is -0.172. The largest absolute Gasteiger partial charge is 0.330 e. The van der Waals surface area contributed by atoms with Crippen molar-refractivity contribution in [2.45, 2.75) is 13.3 Å². The number of aromatic amines is 1. The Labute approximate surface area is 116 Å². The number of carbonyl (C=O) groups is 1. The minimum atomic E-state index is -0.196. The first-order chi connectivity index (χ1) is 9.61. The Morgan fingerprint density at radius 3 is 2.65 bits per heavy atom. The predicted octanol–water partition coefficient (Wildman–Crippen LogP) is 1.09. The van der Waals surface area contributed by atoms with Crippen LogP contribution in [0.25, 0.3) is 5.69 Å². The van der Waals surface area contributed by atoms with E-state index in [-0.39, 0.29) is 17.5 Å². The molecule has 2 rings (SSSR count). The van der Waals surface area contributed by atoms with E-state index >= 15 is 0 Å². The fourth-order valence-corrected chi connectivity index (χ4v) is 1.88. The third-order valence-corrected chi connectivity index (χ3v) is 3.11. The molecule has 0 fully saturated rings. The molecule has 1 unspecified atom stereocenters. The summed E-state index contributed by atoms with van der Waals surface area (Å²) in [6.45, 7) is 2.33. The highest BCUT2D eigenvalue weighted by Gasteiger charge is 2.11. The van der Waals surface area contributed by atoms with Gasteiger partial charge in [0.05, 0.1) is 5.69 Å². The number of nitrogens with one attached hydrogen (secondary N) is 2. The fraction of sp³-hybridized carbons (Fsp3) is 0.286. The summed E-state index contributed by atoms with van der Waals surface area (Å²) in [6, 6.07) is 7.08. The lowest BCUT2D eigenvalue weighted by atomic mass is 10.1. The topological polar surface area (TPSA) is 92.9 Å². The predicted molar refractivity (Wildman–Crippen MR) is 77.9 cm³/mol. The first-order valence-electron chi connectivity index (χ1n) is 6.49. The summed E-state index contributed by atoms with van der Waals surface area (Å²) < 4.78 is 1.49. The zero-order valence-electron chi connectivity index (χ0n) is 11.3. The maximum absolute atomic E-state index is 11.8. The van der Waals surface area contributed by atoms with Crippen LogP contribution < -0.4 is 16.7 Å². The van der Waals surface area contributed by atoms with Crippen molar-refractivity contribution in [1.29, 1.82) is 0 Å². The van der Waals surface area contributed by atoms with Crippen LogP contribution >= 0.6 is 0 Å². The van der Waals surface area contributed by atoms with E-state index in [4.69, 9.17) is 5.73 Å². The van der Waals surface area contributed by atoms with Crippen LogP contribution in [0, 0.1) is 5.92 Å². The molecular weight excluding hydrogens is 256 g/mol. The van der Waals surface area contributed by atoms with Crippen molar-refractivity contribution in [2.24, 2.45) is 11.7 Å². The highest BCUT2D eigenvalue weighted by atomic mass is 16.2. The second kappa shape index (κ2) is 6.21. The molecule has 0 aliphatic heterocycles. The molecule has 0 saturated carbocycles. The highest BCUT2D eigenvalue weighted by Crippen LogP contribution is 2.13. The Bertz CT molecular complexity index is 627. The Morgan fingerprint density at radius 1 is 1.40 bits per heavy atom. The molecule has 0 saturated heterocycles. The molecule has 0 radical (unpaired) electrons. The van der Waals surface area contributed by atoms with Crippen LogP contribution in [-0.4, -0.2) is 22.0 Å². The van der Waals surface area contributed by atoms with Crippen LogP contribution in [0.2, 0.25) is 0 Å². The molecule has 1 aromatic heterocycles. The lowest BCUT2D eigenvalue weighted by molar-refractivity contribution is -0.119. The third kappa shape index (κ3) is 3.16. The molecule has 0 aliphatic rings. The van der Waals surface area contributed by atoms with Gasteiger partial charge in [-0.2, -0.15) is 0 Å². The zero-order chi connectivity index (χ0) is 14.5. The molecule has 0 spiro atoms. The van der Waals surface area contributed by atoms with E-state index in [2.05, 4.69) is 10.3 Å². The maximum atomic E-state index is 11.8. The highest BCUT2D eigenvalue weighted by molar-refractivity contribution is 5.92. The van der Waals surface area contributed by atoms with Gasteiger partial charge in [-0.15, -0.1) is 0 Å². The quantitative estimate of drug-likeness (QED) is 0.762. The summed E-state index contributed by atoms with van der Waals surface area (Å²) in [4.78, 5) is 25.9. The van der Waals surface area contributed by atoms with Crippen molar-refractivity contribution in [1.82, 2.24) is 9.55 Å². The van der Waals surface area contributed by atoms with E-state index in [9.17, 15) is 9.59 Å². The number of anilines is 1. The second-order valence-corrected chi connectivity index (χ2v) is 4.65. The van der Waals surface area contributed by atoms with Gasteiger partial charge in [-0.05, 0) is 37.2 Å². The number of amides is 1. The van der Waals surface area contributed by atoms with Crippen LogP contribution in [0.15, 0.2) is 41.5 Å². The minimum Gasteiger partial charge on any atom is -0.330 e. The Morgan fingerprint density at radius 2 is 2.10 bits per heavy atom. The third-order valence-electron chi connectivity index (χ3n) is 3.11. The van der Waals surface area contributed by atoms with Crippen molar-refractivity contribution in [2.75, 3.05) is 11.9 Å². The number of imidazole rings is 1. The number of nitrogens with zero attached hydrogens (tertiary/aromatic N) is 1. The van der Waals surface area contributed by atoms with Gasteiger partial charge in [-0.3, -0.25) is 9.36 Å². The Balaban J connectivity index is 2.07. The van der Waals surface area contributed by atoms with Gasteiger partial charge in [0.15, 0.2) is 0 Å². The van der Waals surface area contributed by atoms with Gasteiger partial charge < -0.3 is 16.0 Å². The molecule has 106 valence electrons. The maximum Gasteiger partial charge on any atom is 0.330 e. The number of nitrogens with two attached hydrogens (primary N) is 1. The van der Waals surface area contributed by atoms with Crippen molar-refractivity contribution >= 4 is 11.6 Å². The summed E-state index contributed by atoms with van der Waals surface area (Å²) in [7, 11) is 0. The number of aromatic nitrogens is 2. The van der Waals surface area contributed by atoms with Crippen LogP contribution in [0.1, 0.15) is 13.3 Å². The van der Waals surface area contributed by atoms with Gasteiger partial charge in [0.25, 0.3) is 0 Å². The lowest BCUT2D eigenvalue weighted by Gasteiger charge is -2.11. The Hall–Kier alpha value is -2.34. The van der Waals surface area contributed by atoms with E-state index in [1.807, 2.05) is 6.92 Å². The molecule has 1 atom stereocenters. The smallest absolute Gasteiger partial charge is 0.330 e. The number of carbonyl (C=O) groups excluding carboxylic acids is 1.